The quantitative estimate of drug-likeness (QED) is 0.279. The van der Waals surface area contributed by atoms with Crippen molar-refractivity contribution in [3.05, 3.63) is 95.1 Å². The lowest BCUT2D eigenvalue weighted by Crippen LogP contribution is -2.53. The molecule has 0 aliphatic rings. The minimum atomic E-state index is -4.10. The third-order valence-corrected chi connectivity index (χ3v) is 9.13. The molecule has 7 nitrogen and oxygen atoms in total. The predicted octanol–water partition coefficient (Wildman–Crippen LogP) is 5.78. The maximum absolute atomic E-state index is 14.2. The zero-order valence-electron chi connectivity index (χ0n) is 25.1. The first-order chi connectivity index (χ1) is 19.5. The van der Waals surface area contributed by atoms with Crippen LogP contribution >= 0.6 is 0 Å². The highest BCUT2D eigenvalue weighted by atomic mass is 32.2. The first-order valence-electron chi connectivity index (χ1n) is 14.3. The summed E-state index contributed by atoms with van der Waals surface area (Å²) >= 11 is 0. The number of carbonyl (C=O) groups is 2. The van der Waals surface area contributed by atoms with Crippen molar-refractivity contribution in [2.75, 3.05) is 10.8 Å². The number of rotatable bonds is 13. The average molecular weight is 578 g/mol. The fourth-order valence-corrected chi connectivity index (χ4v) is 6.22. The van der Waals surface area contributed by atoms with Crippen LogP contribution in [0, 0.1) is 13.8 Å². The Labute approximate surface area is 245 Å². The lowest BCUT2D eigenvalue weighted by Gasteiger charge is -2.34. The van der Waals surface area contributed by atoms with Crippen LogP contribution in [0.3, 0.4) is 0 Å². The molecule has 0 aromatic heterocycles. The maximum atomic E-state index is 14.2. The van der Waals surface area contributed by atoms with Crippen LogP contribution in [0.25, 0.3) is 0 Å². The third kappa shape index (κ3) is 7.97. The fraction of sp³-hybridized carbons (Fsp3) is 0.394. The van der Waals surface area contributed by atoms with Crippen LogP contribution < -0.4 is 9.62 Å². The number of anilines is 1. The molecule has 2 atom stereocenters. The Hall–Kier alpha value is -3.65. The van der Waals surface area contributed by atoms with Gasteiger partial charge in [0.2, 0.25) is 11.8 Å². The second kappa shape index (κ2) is 14.3. The Morgan fingerprint density at radius 2 is 1.54 bits per heavy atom. The SMILES string of the molecule is CCc1ccccc1N(CC(=O)N(Cc1cccc(C)c1)[C@@H](CC)C(=O)N[C@@H](C)CC)S(=O)(=O)c1ccc(C)cc1. The second-order valence-electron chi connectivity index (χ2n) is 10.6. The molecule has 0 unspecified atom stereocenters. The fourth-order valence-electron chi connectivity index (χ4n) is 4.77. The van der Waals surface area contributed by atoms with Gasteiger partial charge in [0, 0.05) is 12.6 Å². The molecular formula is C33H43N3O4S. The summed E-state index contributed by atoms with van der Waals surface area (Å²) in [6, 6.07) is 20.8. The lowest BCUT2D eigenvalue weighted by atomic mass is 10.1. The van der Waals surface area contributed by atoms with Crippen LogP contribution in [0.15, 0.2) is 77.7 Å². The number of aryl methyl sites for hydroxylation is 3. The van der Waals surface area contributed by atoms with Crippen molar-refractivity contribution in [3.63, 3.8) is 0 Å². The Bertz CT molecular complexity index is 1440. The normalized spacial score (nSPS) is 12.8. The minimum absolute atomic E-state index is 0.0534. The predicted molar refractivity (Wildman–Crippen MR) is 165 cm³/mol. The number of nitrogens with one attached hydrogen (secondary N) is 1. The highest BCUT2D eigenvalue weighted by molar-refractivity contribution is 7.92. The van der Waals surface area contributed by atoms with Crippen molar-refractivity contribution in [2.24, 2.45) is 0 Å². The molecule has 3 aromatic carbocycles. The van der Waals surface area contributed by atoms with E-state index in [0.717, 1.165) is 28.7 Å². The van der Waals surface area contributed by atoms with Gasteiger partial charge in [-0.15, -0.1) is 0 Å². The summed E-state index contributed by atoms with van der Waals surface area (Å²) in [4.78, 5) is 29.3. The van der Waals surface area contributed by atoms with Crippen LogP contribution in [0.2, 0.25) is 0 Å². The number of carbonyl (C=O) groups excluding carboxylic acids is 2. The van der Waals surface area contributed by atoms with Gasteiger partial charge in [-0.3, -0.25) is 13.9 Å². The van der Waals surface area contributed by atoms with Gasteiger partial charge in [0.15, 0.2) is 0 Å². The first kappa shape index (κ1) is 31.9. The summed E-state index contributed by atoms with van der Waals surface area (Å²) in [6.45, 7) is 11.3. The van der Waals surface area contributed by atoms with Crippen molar-refractivity contribution in [2.45, 2.75) is 84.3 Å². The van der Waals surface area contributed by atoms with Gasteiger partial charge >= 0.3 is 0 Å². The molecule has 2 amide bonds. The zero-order chi connectivity index (χ0) is 30.2. The lowest BCUT2D eigenvalue weighted by molar-refractivity contribution is -0.140. The van der Waals surface area contributed by atoms with Gasteiger partial charge in [-0.05, 0) is 69.4 Å². The Morgan fingerprint density at radius 3 is 2.15 bits per heavy atom. The standard InChI is InChI=1S/C33H43N3O4S/c1-7-26(6)34-33(38)30(9-3)35(22-27-14-12-13-25(5)21-27)32(37)23-36(31-16-11-10-15-28(31)8-2)41(39,40)29-19-17-24(4)18-20-29/h10-21,26,30H,7-9,22-23H2,1-6H3,(H,34,38)/t26-,30-/m0/s1. The van der Waals surface area contributed by atoms with Crippen LogP contribution in [-0.2, 0) is 32.6 Å². The molecule has 1 N–H and O–H groups in total. The summed E-state index contributed by atoms with van der Waals surface area (Å²) < 4.78 is 29.4. The van der Waals surface area contributed by atoms with Crippen LogP contribution in [0.4, 0.5) is 5.69 Å². The summed E-state index contributed by atoms with van der Waals surface area (Å²) in [5.41, 5.74) is 4.10. The first-order valence-corrected chi connectivity index (χ1v) is 15.8. The molecule has 41 heavy (non-hydrogen) atoms. The number of para-hydroxylation sites is 1. The highest BCUT2D eigenvalue weighted by Crippen LogP contribution is 2.28. The van der Waals surface area contributed by atoms with Crippen LogP contribution in [-0.4, -0.2) is 43.8 Å². The zero-order valence-corrected chi connectivity index (χ0v) is 25.9. The van der Waals surface area contributed by atoms with Crippen molar-refractivity contribution < 1.29 is 18.0 Å². The van der Waals surface area contributed by atoms with Gasteiger partial charge in [0.1, 0.15) is 12.6 Å². The number of nitrogens with zero attached hydrogens (tertiary/aromatic N) is 2. The van der Waals surface area contributed by atoms with Gasteiger partial charge < -0.3 is 10.2 Å². The summed E-state index contributed by atoms with van der Waals surface area (Å²) in [7, 11) is -4.10. The van der Waals surface area contributed by atoms with Crippen LogP contribution in [0.1, 0.15) is 62.8 Å². The van der Waals surface area contributed by atoms with E-state index >= 15 is 0 Å². The molecule has 8 heteroatoms. The molecule has 0 saturated heterocycles. The van der Waals surface area contributed by atoms with Crippen molar-refractivity contribution in [1.82, 2.24) is 10.2 Å². The number of hydrogen-bond acceptors (Lipinski definition) is 4. The molecule has 0 saturated carbocycles. The molecule has 220 valence electrons. The van der Waals surface area contributed by atoms with Gasteiger partial charge in [-0.2, -0.15) is 0 Å². The van der Waals surface area contributed by atoms with Crippen molar-refractivity contribution >= 4 is 27.5 Å². The third-order valence-electron chi connectivity index (χ3n) is 7.35. The van der Waals surface area contributed by atoms with E-state index in [4.69, 9.17) is 0 Å². The van der Waals surface area contributed by atoms with E-state index in [1.165, 1.54) is 9.21 Å². The van der Waals surface area contributed by atoms with Gasteiger partial charge in [-0.1, -0.05) is 86.5 Å². The van der Waals surface area contributed by atoms with E-state index in [2.05, 4.69) is 5.32 Å². The maximum Gasteiger partial charge on any atom is 0.264 e. The molecule has 0 spiro atoms. The van der Waals surface area contributed by atoms with Crippen LogP contribution in [0.5, 0.6) is 0 Å². The largest absolute Gasteiger partial charge is 0.352 e. The number of benzene rings is 3. The van der Waals surface area contributed by atoms with Gasteiger partial charge in [-0.25, -0.2) is 8.42 Å². The Balaban J connectivity index is 2.10. The van der Waals surface area contributed by atoms with Crippen molar-refractivity contribution in [3.8, 4) is 0 Å². The van der Waals surface area contributed by atoms with E-state index in [-0.39, 0.29) is 23.4 Å². The molecule has 0 heterocycles. The smallest absolute Gasteiger partial charge is 0.264 e. The minimum Gasteiger partial charge on any atom is -0.352 e. The average Bonchev–Trinajstić information content (AvgIpc) is 2.95. The van der Waals surface area contributed by atoms with E-state index in [9.17, 15) is 18.0 Å². The second-order valence-corrected chi connectivity index (χ2v) is 12.4. The summed E-state index contributed by atoms with van der Waals surface area (Å²) in [5, 5.41) is 3.01. The number of hydrogen-bond donors (Lipinski definition) is 1. The van der Waals surface area contributed by atoms with Crippen molar-refractivity contribution in [1.29, 1.82) is 0 Å². The monoisotopic (exact) mass is 577 g/mol. The molecule has 3 rings (SSSR count). The Kier molecular flexibility index (Phi) is 11.1. The van der Waals surface area contributed by atoms with E-state index < -0.39 is 28.5 Å². The topological polar surface area (TPSA) is 86.8 Å². The molecule has 3 aromatic rings. The summed E-state index contributed by atoms with van der Waals surface area (Å²) in [6.07, 6.45) is 1.73. The molecule has 0 fully saturated rings. The van der Waals surface area contributed by atoms with E-state index in [0.29, 0.717) is 18.5 Å². The van der Waals surface area contributed by atoms with E-state index in [1.807, 2.05) is 77.9 Å². The summed E-state index contributed by atoms with van der Waals surface area (Å²) in [5.74, 6) is -0.691. The van der Waals surface area contributed by atoms with E-state index in [1.54, 1.807) is 36.4 Å². The molecule has 0 aliphatic heterocycles. The molecular weight excluding hydrogens is 534 g/mol. The number of sulfonamides is 1. The van der Waals surface area contributed by atoms with Gasteiger partial charge in [0.05, 0.1) is 10.6 Å². The molecule has 0 radical (unpaired) electrons. The Morgan fingerprint density at radius 1 is 0.854 bits per heavy atom. The molecule has 0 aliphatic carbocycles. The highest BCUT2D eigenvalue weighted by Gasteiger charge is 2.34. The van der Waals surface area contributed by atoms with Gasteiger partial charge in [0.25, 0.3) is 10.0 Å². The molecule has 0 bridgehead atoms. The number of amides is 2.